The molecule has 0 N–H and O–H groups in total. The number of amides is 1. The van der Waals surface area contributed by atoms with E-state index in [2.05, 4.69) is 16.5 Å². The maximum atomic E-state index is 12.7. The molecule has 1 amide bonds. The largest absolute Gasteiger partial charge is 0.332 e. The summed E-state index contributed by atoms with van der Waals surface area (Å²) >= 11 is 7.01. The second-order valence-electron chi connectivity index (χ2n) is 4.70. The van der Waals surface area contributed by atoms with Crippen LogP contribution in [0.2, 0.25) is 0 Å². The van der Waals surface area contributed by atoms with Gasteiger partial charge in [-0.05, 0) is 23.5 Å². The van der Waals surface area contributed by atoms with Gasteiger partial charge in [-0.15, -0.1) is 16.7 Å². The van der Waals surface area contributed by atoms with Gasteiger partial charge in [0.1, 0.15) is 4.88 Å². The van der Waals surface area contributed by atoms with Gasteiger partial charge in [0, 0.05) is 19.0 Å². The van der Waals surface area contributed by atoms with Crippen LogP contribution in [-0.4, -0.2) is 32.8 Å². The van der Waals surface area contributed by atoms with E-state index in [0.29, 0.717) is 23.8 Å². The van der Waals surface area contributed by atoms with Gasteiger partial charge in [0.25, 0.3) is 5.91 Å². The van der Waals surface area contributed by atoms with Crippen molar-refractivity contribution in [3.8, 4) is 0 Å². The fraction of sp³-hybridized carbons (Fsp3) is 0.400. The third kappa shape index (κ3) is 4.25. The maximum Gasteiger partial charge on any atom is 0.267 e. The van der Waals surface area contributed by atoms with E-state index in [1.165, 1.54) is 11.5 Å². The van der Waals surface area contributed by atoms with Crippen LogP contribution >= 0.6 is 23.1 Å². The van der Waals surface area contributed by atoms with Crippen LogP contribution in [0.4, 0.5) is 0 Å². The Morgan fingerprint density at radius 1 is 1.33 bits per heavy atom. The Morgan fingerprint density at radius 2 is 2.10 bits per heavy atom. The first-order valence-corrected chi connectivity index (χ1v) is 8.27. The molecule has 2 aromatic rings. The molecule has 0 fully saturated rings. The molecule has 0 aliphatic rings. The fourth-order valence-corrected chi connectivity index (χ4v) is 2.95. The Bertz CT molecular complexity index is 573. The molecule has 0 radical (unpaired) electrons. The highest BCUT2D eigenvalue weighted by Gasteiger charge is 2.21. The minimum atomic E-state index is -0.0297. The van der Waals surface area contributed by atoms with Crippen LogP contribution in [0.3, 0.4) is 0 Å². The monoisotopic (exact) mass is 323 g/mol. The molecule has 1 aromatic carbocycles. The summed E-state index contributed by atoms with van der Waals surface area (Å²) < 4.78 is 3.92. The van der Waals surface area contributed by atoms with Crippen molar-refractivity contribution in [2.24, 2.45) is 0 Å². The van der Waals surface area contributed by atoms with E-state index in [1.54, 1.807) is 4.90 Å². The molecule has 4 nitrogen and oxygen atoms in total. The second-order valence-corrected chi connectivity index (χ2v) is 5.83. The van der Waals surface area contributed by atoms with Crippen LogP contribution in [0.5, 0.6) is 0 Å². The van der Waals surface area contributed by atoms with Gasteiger partial charge in [-0.3, -0.25) is 4.79 Å². The number of rotatable bonds is 7. The Hall–Kier alpha value is -1.46. The maximum absolute atomic E-state index is 12.7. The number of aromatic nitrogens is 2. The first-order chi connectivity index (χ1) is 10.3. The third-order valence-corrected chi connectivity index (χ3v) is 4.02. The van der Waals surface area contributed by atoms with Gasteiger partial charge >= 0.3 is 0 Å². The summed E-state index contributed by atoms with van der Waals surface area (Å²) in [5.74, 6) is 0.381. The SMILES string of the molecule is CCCc1nnsc1C(=O)N(CCCl)Cc1ccccc1. The van der Waals surface area contributed by atoms with Crippen LogP contribution in [0.25, 0.3) is 0 Å². The summed E-state index contributed by atoms with van der Waals surface area (Å²) in [6.45, 7) is 3.13. The van der Waals surface area contributed by atoms with E-state index >= 15 is 0 Å². The van der Waals surface area contributed by atoms with Gasteiger partial charge in [-0.25, -0.2) is 0 Å². The number of benzene rings is 1. The Kier molecular flexibility index (Phi) is 6.14. The van der Waals surface area contributed by atoms with Gasteiger partial charge in [-0.1, -0.05) is 48.2 Å². The number of hydrogen-bond donors (Lipinski definition) is 0. The summed E-state index contributed by atoms with van der Waals surface area (Å²) in [5.41, 5.74) is 1.88. The number of nitrogens with zero attached hydrogens (tertiary/aromatic N) is 3. The molecular formula is C15H18ClN3OS. The minimum Gasteiger partial charge on any atom is -0.332 e. The standard InChI is InChI=1S/C15H18ClN3OS/c1-2-6-13-14(21-18-17-13)15(20)19(10-9-16)11-12-7-4-3-5-8-12/h3-5,7-8H,2,6,9-11H2,1H3. The molecule has 2 rings (SSSR count). The van der Waals surface area contributed by atoms with Crippen molar-refractivity contribution in [2.45, 2.75) is 26.3 Å². The van der Waals surface area contributed by atoms with Crippen molar-refractivity contribution >= 4 is 29.0 Å². The quantitative estimate of drug-likeness (QED) is 0.734. The molecule has 0 unspecified atom stereocenters. The summed E-state index contributed by atoms with van der Waals surface area (Å²) in [7, 11) is 0. The molecule has 0 saturated carbocycles. The second kappa shape index (κ2) is 8.10. The molecule has 6 heteroatoms. The van der Waals surface area contributed by atoms with Gasteiger partial charge in [-0.2, -0.15) is 0 Å². The van der Waals surface area contributed by atoms with E-state index < -0.39 is 0 Å². The molecular weight excluding hydrogens is 306 g/mol. The first-order valence-electron chi connectivity index (χ1n) is 6.96. The molecule has 1 aromatic heterocycles. The van der Waals surface area contributed by atoms with E-state index in [0.717, 1.165) is 24.1 Å². The molecule has 0 spiro atoms. The van der Waals surface area contributed by atoms with E-state index in [-0.39, 0.29) is 5.91 Å². The normalized spacial score (nSPS) is 10.6. The van der Waals surface area contributed by atoms with Crippen molar-refractivity contribution in [1.29, 1.82) is 0 Å². The number of carbonyl (C=O) groups is 1. The van der Waals surface area contributed by atoms with E-state index in [9.17, 15) is 4.79 Å². The molecule has 0 aliphatic carbocycles. The topological polar surface area (TPSA) is 46.1 Å². The fourth-order valence-electron chi connectivity index (χ4n) is 2.07. The number of hydrogen-bond acceptors (Lipinski definition) is 4. The molecule has 0 aliphatic heterocycles. The zero-order valence-corrected chi connectivity index (χ0v) is 13.5. The van der Waals surface area contributed by atoms with Crippen LogP contribution in [0.15, 0.2) is 30.3 Å². The lowest BCUT2D eigenvalue weighted by molar-refractivity contribution is 0.0757. The summed E-state index contributed by atoms with van der Waals surface area (Å²) in [6.07, 6.45) is 1.72. The van der Waals surface area contributed by atoms with Crippen LogP contribution in [0.1, 0.15) is 34.3 Å². The van der Waals surface area contributed by atoms with Crippen molar-refractivity contribution in [3.63, 3.8) is 0 Å². The van der Waals surface area contributed by atoms with Crippen LogP contribution < -0.4 is 0 Å². The highest BCUT2D eigenvalue weighted by molar-refractivity contribution is 7.08. The average Bonchev–Trinajstić information content (AvgIpc) is 2.96. The van der Waals surface area contributed by atoms with Gasteiger partial charge in [0.15, 0.2) is 0 Å². The molecule has 21 heavy (non-hydrogen) atoms. The predicted molar refractivity (Wildman–Crippen MR) is 85.8 cm³/mol. The lowest BCUT2D eigenvalue weighted by Gasteiger charge is -2.21. The average molecular weight is 324 g/mol. The number of carbonyl (C=O) groups excluding carboxylic acids is 1. The molecule has 1 heterocycles. The van der Waals surface area contributed by atoms with Crippen molar-refractivity contribution in [3.05, 3.63) is 46.5 Å². The lowest BCUT2D eigenvalue weighted by atomic mass is 10.2. The Morgan fingerprint density at radius 3 is 2.76 bits per heavy atom. The summed E-state index contributed by atoms with van der Waals surface area (Å²) in [4.78, 5) is 15.1. The summed E-state index contributed by atoms with van der Waals surface area (Å²) in [5, 5.41) is 4.06. The van der Waals surface area contributed by atoms with E-state index in [1.807, 2.05) is 30.3 Å². The van der Waals surface area contributed by atoms with Crippen LogP contribution in [0, 0.1) is 0 Å². The zero-order valence-electron chi connectivity index (χ0n) is 12.0. The smallest absolute Gasteiger partial charge is 0.267 e. The van der Waals surface area contributed by atoms with Crippen molar-refractivity contribution in [1.82, 2.24) is 14.5 Å². The number of halogens is 1. The number of aryl methyl sites for hydroxylation is 1. The van der Waals surface area contributed by atoms with Gasteiger partial charge in [0.05, 0.1) is 5.69 Å². The molecule has 112 valence electrons. The zero-order chi connectivity index (χ0) is 15.1. The summed E-state index contributed by atoms with van der Waals surface area (Å²) in [6, 6.07) is 9.91. The molecule has 0 atom stereocenters. The Balaban J connectivity index is 2.17. The number of alkyl halides is 1. The van der Waals surface area contributed by atoms with Crippen molar-refractivity contribution in [2.75, 3.05) is 12.4 Å². The highest BCUT2D eigenvalue weighted by Crippen LogP contribution is 2.17. The minimum absolute atomic E-state index is 0.0297. The third-order valence-electron chi connectivity index (χ3n) is 3.09. The van der Waals surface area contributed by atoms with Gasteiger partial charge in [0.2, 0.25) is 0 Å². The molecule has 0 saturated heterocycles. The van der Waals surface area contributed by atoms with Gasteiger partial charge < -0.3 is 4.90 Å². The first kappa shape index (κ1) is 15.9. The van der Waals surface area contributed by atoms with Crippen LogP contribution in [-0.2, 0) is 13.0 Å². The Labute approximate surface area is 133 Å². The highest BCUT2D eigenvalue weighted by atomic mass is 35.5. The van der Waals surface area contributed by atoms with Crippen molar-refractivity contribution < 1.29 is 4.79 Å². The lowest BCUT2D eigenvalue weighted by Crippen LogP contribution is -2.32. The molecule has 0 bridgehead atoms. The predicted octanol–water partition coefficient (Wildman–Crippen LogP) is 3.37. The van der Waals surface area contributed by atoms with E-state index in [4.69, 9.17) is 11.6 Å².